The molecule has 0 bridgehead atoms. The van der Waals surface area contributed by atoms with Crippen molar-refractivity contribution in [3.8, 4) is 0 Å². The number of nitrogens with zero attached hydrogens (tertiary/aromatic N) is 1. The average Bonchev–Trinajstić information content (AvgIpc) is 2.86. The van der Waals surface area contributed by atoms with E-state index in [-0.39, 0.29) is 23.8 Å². The lowest BCUT2D eigenvalue weighted by Crippen LogP contribution is -2.54. The van der Waals surface area contributed by atoms with E-state index in [0.717, 1.165) is 49.8 Å². The lowest BCUT2D eigenvalue weighted by atomic mass is 9.73. The predicted molar refractivity (Wildman–Crippen MR) is 106 cm³/mol. The molecule has 3 aliphatic rings. The fourth-order valence-electron chi connectivity index (χ4n) is 4.80. The second-order valence-corrected chi connectivity index (χ2v) is 8.77. The van der Waals surface area contributed by atoms with Gasteiger partial charge in [-0.3, -0.25) is 19.3 Å². The molecular weight excluding hydrogens is 374 g/mol. The highest BCUT2D eigenvalue weighted by Crippen LogP contribution is 2.38. The third-order valence-electron chi connectivity index (χ3n) is 6.67. The summed E-state index contributed by atoms with van der Waals surface area (Å²) in [4.78, 5) is 50.9. The van der Waals surface area contributed by atoms with Crippen LogP contribution in [0.4, 0.5) is 4.79 Å². The molecule has 1 aliphatic heterocycles. The number of hydrogen-bond donors (Lipinski definition) is 2. The van der Waals surface area contributed by atoms with Crippen molar-refractivity contribution in [1.82, 2.24) is 15.5 Å². The zero-order chi connectivity index (χ0) is 21.0. The zero-order valence-corrected chi connectivity index (χ0v) is 17.5. The summed E-state index contributed by atoms with van der Waals surface area (Å²) in [5.41, 5.74) is -0.905. The molecule has 0 aromatic heterocycles. The van der Waals surface area contributed by atoms with Crippen molar-refractivity contribution < 1.29 is 23.9 Å². The topological polar surface area (TPSA) is 105 Å². The second-order valence-electron chi connectivity index (χ2n) is 8.77. The molecule has 29 heavy (non-hydrogen) atoms. The lowest BCUT2D eigenvalue weighted by Gasteiger charge is -2.36. The highest BCUT2D eigenvalue weighted by Gasteiger charge is 2.55. The Hall–Kier alpha value is -2.12. The van der Waals surface area contributed by atoms with E-state index >= 15 is 0 Å². The summed E-state index contributed by atoms with van der Waals surface area (Å²) in [5, 5.41) is 5.76. The van der Waals surface area contributed by atoms with Crippen molar-refractivity contribution >= 4 is 23.8 Å². The molecule has 2 saturated carbocycles. The molecule has 1 heterocycles. The molecule has 0 radical (unpaired) electrons. The Morgan fingerprint density at radius 1 is 1.14 bits per heavy atom. The summed E-state index contributed by atoms with van der Waals surface area (Å²) >= 11 is 0. The van der Waals surface area contributed by atoms with E-state index in [1.54, 1.807) is 0 Å². The number of rotatable bonds is 5. The number of carbonyl (C=O) groups is 4. The molecule has 0 aromatic rings. The molecule has 1 spiro atoms. The Morgan fingerprint density at radius 3 is 2.45 bits per heavy atom. The molecule has 8 heteroatoms. The first kappa shape index (κ1) is 21.6. The van der Waals surface area contributed by atoms with Gasteiger partial charge in [-0.15, -0.1) is 0 Å². The quantitative estimate of drug-likeness (QED) is 0.413. The Kier molecular flexibility index (Phi) is 6.80. The summed E-state index contributed by atoms with van der Waals surface area (Å²) in [7, 11) is 0. The van der Waals surface area contributed by atoms with Gasteiger partial charge in [-0.25, -0.2) is 4.79 Å². The highest BCUT2D eigenvalue weighted by atomic mass is 16.5. The monoisotopic (exact) mass is 407 g/mol. The molecule has 4 amide bonds. The first-order valence-electron chi connectivity index (χ1n) is 11.0. The van der Waals surface area contributed by atoms with Crippen molar-refractivity contribution in [2.24, 2.45) is 5.92 Å². The van der Waals surface area contributed by atoms with Crippen molar-refractivity contribution in [3.05, 3.63) is 0 Å². The molecule has 3 fully saturated rings. The fraction of sp³-hybridized carbons (Fsp3) is 0.810. The van der Waals surface area contributed by atoms with Gasteiger partial charge in [0.15, 0.2) is 6.10 Å². The van der Waals surface area contributed by atoms with E-state index in [1.165, 1.54) is 19.8 Å². The highest BCUT2D eigenvalue weighted by molar-refractivity contribution is 6.09. The molecule has 8 nitrogen and oxygen atoms in total. The third-order valence-corrected chi connectivity index (χ3v) is 6.67. The summed E-state index contributed by atoms with van der Waals surface area (Å²) < 4.78 is 5.22. The van der Waals surface area contributed by atoms with Gasteiger partial charge < -0.3 is 15.4 Å². The maximum absolute atomic E-state index is 12.9. The number of hydrogen-bond acceptors (Lipinski definition) is 5. The number of imide groups is 1. The lowest BCUT2D eigenvalue weighted by molar-refractivity contribution is -0.157. The van der Waals surface area contributed by atoms with Gasteiger partial charge in [0.1, 0.15) is 12.1 Å². The number of nitrogens with one attached hydrogen (secondary N) is 2. The van der Waals surface area contributed by atoms with Crippen molar-refractivity contribution in [1.29, 1.82) is 0 Å². The van der Waals surface area contributed by atoms with Crippen molar-refractivity contribution in [2.75, 3.05) is 6.54 Å². The van der Waals surface area contributed by atoms with Crippen LogP contribution in [0.3, 0.4) is 0 Å². The van der Waals surface area contributed by atoms with E-state index in [0.29, 0.717) is 6.42 Å². The smallest absolute Gasteiger partial charge is 0.327 e. The van der Waals surface area contributed by atoms with Gasteiger partial charge in [0, 0.05) is 6.04 Å². The molecular formula is C21H33N3O5. The van der Waals surface area contributed by atoms with E-state index in [1.807, 2.05) is 6.92 Å². The van der Waals surface area contributed by atoms with Crippen LogP contribution in [-0.4, -0.2) is 52.9 Å². The van der Waals surface area contributed by atoms with Crippen LogP contribution in [0.2, 0.25) is 0 Å². The van der Waals surface area contributed by atoms with Crippen LogP contribution in [-0.2, 0) is 19.1 Å². The van der Waals surface area contributed by atoms with Crippen LogP contribution in [0, 0.1) is 5.92 Å². The minimum absolute atomic E-state index is 0.0259. The van der Waals surface area contributed by atoms with Gasteiger partial charge in [-0.05, 0) is 38.5 Å². The van der Waals surface area contributed by atoms with Crippen LogP contribution in [0.25, 0.3) is 0 Å². The van der Waals surface area contributed by atoms with Crippen LogP contribution < -0.4 is 10.6 Å². The Morgan fingerprint density at radius 2 is 1.79 bits per heavy atom. The van der Waals surface area contributed by atoms with Gasteiger partial charge in [-0.2, -0.15) is 0 Å². The van der Waals surface area contributed by atoms with Gasteiger partial charge in [0.25, 0.3) is 11.8 Å². The first-order chi connectivity index (χ1) is 13.8. The molecule has 0 aromatic carbocycles. The number of amides is 4. The molecule has 162 valence electrons. The van der Waals surface area contributed by atoms with Crippen molar-refractivity contribution in [2.45, 2.75) is 95.7 Å². The molecule has 3 rings (SSSR count). The van der Waals surface area contributed by atoms with E-state index in [4.69, 9.17) is 4.74 Å². The van der Waals surface area contributed by atoms with Crippen molar-refractivity contribution in [3.63, 3.8) is 0 Å². The number of esters is 1. The molecule has 3 atom stereocenters. The van der Waals surface area contributed by atoms with Gasteiger partial charge >= 0.3 is 12.0 Å². The third kappa shape index (κ3) is 4.73. The first-order valence-corrected chi connectivity index (χ1v) is 11.0. The number of ether oxygens (including phenoxy) is 1. The van der Waals surface area contributed by atoms with Crippen LogP contribution in [0.1, 0.15) is 78.1 Å². The van der Waals surface area contributed by atoms with Crippen LogP contribution in [0.15, 0.2) is 0 Å². The molecule has 2 N–H and O–H groups in total. The van der Waals surface area contributed by atoms with Gasteiger partial charge in [-0.1, -0.05) is 45.4 Å². The molecule has 2 aliphatic carbocycles. The second kappa shape index (κ2) is 9.13. The summed E-state index contributed by atoms with van der Waals surface area (Å²) in [6.07, 6.45) is 8.81. The molecule has 0 unspecified atom stereocenters. The Bertz CT molecular complexity index is 659. The van der Waals surface area contributed by atoms with Gasteiger partial charge in [0.05, 0.1) is 0 Å². The maximum Gasteiger partial charge on any atom is 0.327 e. The largest absolute Gasteiger partial charge is 0.451 e. The summed E-state index contributed by atoms with van der Waals surface area (Å²) in [6, 6.07) is -0.444. The Balaban J connectivity index is 1.52. The predicted octanol–water partition coefficient (Wildman–Crippen LogP) is 2.26. The van der Waals surface area contributed by atoms with Gasteiger partial charge in [0.2, 0.25) is 0 Å². The van der Waals surface area contributed by atoms with E-state index in [9.17, 15) is 19.2 Å². The normalized spacial score (nSPS) is 29.3. The van der Waals surface area contributed by atoms with E-state index in [2.05, 4.69) is 10.6 Å². The maximum atomic E-state index is 12.9. The molecule has 1 saturated heterocycles. The summed E-state index contributed by atoms with van der Waals surface area (Å²) in [6.45, 7) is 3.00. The number of carbonyl (C=O) groups excluding carboxylic acids is 4. The standard InChI is InChI=1S/C21H33N3O5/c1-14-9-7-8-12-21(14)19(27)24(20(28)23-21)13-17(25)29-15(2)18(26)22-16-10-5-3-4-6-11-16/h14-16H,3-13H2,1-2H3,(H,22,26)(H,23,28)/t14-,15+,21-/m1/s1. The Labute approximate surface area is 172 Å². The van der Waals surface area contributed by atoms with E-state index < -0.39 is 30.2 Å². The zero-order valence-electron chi connectivity index (χ0n) is 17.5. The fourth-order valence-corrected chi connectivity index (χ4v) is 4.80. The van der Waals surface area contributed by atoms with Crippen LogP contribution >= 0.6 is 0 Å². The van der Waals surface area contributed by atoms with Crippen LogP contribution in [0.5, 0.6) is 0 Å². The average molecular weight is 408 g/mol. The minimum atomic E-state index is -0.964. The SMILES string of the molecule is C[C@H](OC(=O)CN1C(=O)N[C@@]2(CCCC[C@H]2C)C1=O)C(=O)NC1CCCCCC1. The number of urea groups is 1. The summed E-state index contributed by atoms with van der Waals surface area (Å²) in [5.74, 6) is -1.42. The minimum Gasteiger partial charge on any atom is -0.451 e.